The molecule has 0 radical (unpaired) electrons. The predicted octanol–water partition coefficient (Wildman–Crippen LogP) is 6.78. The summed E-state index contributed by atoms with van der Waals surface area (Å²) in [5.41, 5.74) is -2.45. The second-order valence-corrected chi connectivity index (χ2v) is 7.95. The summed E-state index contributed by atoms with van der Waals surface area (Å²) in [5, 5.41) is 10.6. The number of ether oxygens (including phenoxy) is 3. The van der Waals surface area contributed by atoms with Gasteiger partial charge in [0.25, 0.3) is 11.4 Å². The highest BCUT2D eigenvalue weighted by Gasteiger charge is 2.41. The topological polar surface area (TPSA) is 118 Å². The number of nitrogens with zero attached hydrogens (tertiary/aromatic N) is 1. The zero-order chi connectivity index (χ0) is 27.6. The molecule has 0 saturated carbocycles. The molecule has 9 nitrogen and oxygen atoms in total. The van der Waals surface area contributed by atoms with Gasteiger partial charge in [-0.3, -0.25) is 14.9 Å². The molecule has 0 aliphatic heterocycles. The molecular weight excluding hydrogens is 535 g/mol. The smallest absolute Gasteiger partial charge is 0.453 e. The molecule has 0 aliphatic carbocycles. The summed E-state index contributed by atoms with van der Waals surface area (Å²) >= 11 is 5.73. The third-order valence-electron chi connectivity index (χ3n) is 5.03. The summed E-state index contributed by atoms with van der Waals surface area (Å²) in [6.07, 6.45) is -5.13. The minimum Gasteiger partial charge on any atom is -0.490 e. The van der Waals surface area contributed by atoms with Gasteiger partial charge in [0, 0.05) is 12.1 Å². The van der Waals surface area contributed by atoms with Gasteiger partial charge < -0.3 is 18.6 Å². The van der Waals surface area contributed by atoms with Crippen molar-refractivity contribution < 1.29 is 41.5 Å². The van der Waals surface area contributed by atoms with Crippen molar-refractivity contribution in [3.05, 3.63) is 97.3 Å². The van der Waals surface area contributed by atoms with E-state index in [-0.39, 0.29) is 39.8 Å². The standard InChI is InChI=1S/C25H15ClF3NO8/c1-2-35-18-5-3-4-6-19(18)37-22-21(31)15-9-8-14(12-20(15)38-23(22)25(27,28)29)36-24(32)13-7-10-16(26)17(11-13)30(33)34/h3-12H,2H2,1H3. The van der Waals surface area contributed by atoms with Crippen LogP contribution in [-0.2, 0) is 6.18 Å². The average molecular weight is 550 g/mol. The molecule has 13 heteroatoms. The lowest BCUT2D eigenvalue weighted by Gasteiger charge is -2.15. The van der Waals surface area contributed by atoms with E-state index in [1.165, 1.54) is 24.3 Å². The van der Waals surface area contributed by atoms with Gasteiger partial charge >= 0.3 is 12.1 Å². The number of alkyl halides is 3. The quantitative estimate of drug-likeness (QED) is 0.107. The minimum absolute atomic E-state index is 0.118. The Labute approximate surface area is 216 Å². The largest absolute Gasteiger partial charge is 0.490 e. The zero-order valence-electron chi connectivity index (χ0n) is 19.2. The molecule has 0 aliphatic rings. The van der Waals surface area contributed by atoms with E-state index in [1.54, 1.807) is 13.0 Å². The summed E-state index contributed by atoms with van der Waals surface area (Å²) in [6, 6.07) is 12.2. The number of carbonyl (C=O) groups is 1. The maximum Gasteiger partial charge on any atom is 0.453 e. The Hall–Kier alpha value is -4.58. The monoisotopic (exact) mass is 549 g/mol. The van der Waals surface area contributed by atoms with Gasteiger partial charge in [0.1, 0.15) is 16.4 Å². The first-order valence-electron chi connectivity index (χ1n) is 10.7. The molecule has 3 aromatic carbocycles. The molecule has 1 aromatic heterocycles. The molecule has 1 heterocycles. The Morgan fingerprint density at radius 2 is 1.79 bits per heavy atom. The van der Waals surface area contributed by atoms with Crippen LogP contribution in [0.1, 0.15) is 23.0 Å². The Kier molecular flexibility index (Phi) is 7.26. The number of hydrogen-bond donors (Lipinski definition) is 0. The van der Waals surface area contributed by atoms with Crippen molar-refractivity contribution in [2.75, 3.05) is 6.61 Å². The molecule has 0 saturated heterocycles. The van der Waals surface area contributed by atoms with Crippen LogP contribution in [0, 0.1) is 10.1 Å². The summed E-state index contributed by atoms with van der Waals surface area (Å²) in [6.45, 7) is 1.87. The van der Waals surface area contributed by atoms with Crippen molar-refractivity contribution in [1.29, 1.82) is 0 Å². The molecule has 38 heavy (non-hydrogen) atoms. The summed E-state index contributed by atoms with van der Waals surface area (Å²) in [4.78, 5) is 35.8. The molecule has 4 aromatic rings. The number of hydrogen-bond acceptors (Lipinski definition) is 8. The van der Waals surface area contributed by atoms with Crippen LogP contribution in [-0.4, -0.2) is 17.5 Å². The van der Waals surface area contributed by atoms with Gasteiger partial charge in [0.05, 0.1) is 22.5 Å². The molecule has 0 fully saturated rings. The second-order valence-electron chi connectivity index (χ2n) is 7.54. The highest BCUT2D eigenvalue weighted by molar-refractivity contribution is 6.32. The number of nitro benzene ring substituents is 1. The van der Waals surface area contributed by atoms with E-state index in [9.17, 15) is 32.9 Å². The summed E-state index contributed by atoms with van der Waals surface area (Å²) < 4.78 is 62.5. The van der Waals surface area contributed by atoms with Crippen LogP contribution in [0.4, 0.5) is 18.9 Å². The fourth-order valence-electron chi connectivity index (χ4n) is 3.36. The third-order valence-corrected chi connectivity index (χ3v) is 5.35. The van der Waals surface area contributed by atoms with Crippen LogP contribution in [0.25, 0.3) is 11.0 Å². The normalized spacial score (nSPS) is 11.3. The highest BCUT2D eigenvalue weighted by Crippen LogP contribution is 2.40. The fourth-order valence-corrected chi connectivity index (χ4v) is 3.55. The van der Waals surface area contributed by atoms with E-state index in [2.05, 4.69) is 0 Å². The maximum atomic E-state index is 13.9. The molecule has 4 rings (SSSR count). The number of fused-ring (bicyclic) bond motifs is 1. The molecule has 0 bridgehead atoms. The van der Waals surface area contributed by atoms with E-state index < -0.39 is 45.3 Å². The van der Waals surface area contributed by atoms with Crippen molar-refractivity contribution in [3.8, 4) is 23.0 Å². The number of para-hydroxylation sites is 2. The molecule has 0 spiro atoms. The van der Waals surface area contributed by atoms with Gasteiger partial charge in [0.2, 0.25) is 11.2 Å². The number of carbonyl (C=O) groups excluding carboxylic acids is 1. The first-order valence-corrected chi connectivity index (χ1v) is 11.1. The first-order chi connectivity index (χ1) is 18.0. The fraction of sp³-hybridized carbons (Fsp3) is 0.120. The lowest BCUT2D eigenvalue weighted by Crippen LogP contribution is -2.16. The molecular formula is C25H15ClF3NO8. The van der Waals surface area contributed by atoms with Crippen molar-refractivity contribution in [1.82, 2.24) is 0 Å². The number of halogens is 4. The molecule has 0 N–H and O–H groups in total. The molecule has 196 valence electrons. The van der Waals surface area contributed by atoms with Gasteiger partial charge in [-0.2, -0.15) is 13.2 Å². The molecule has 0 unspecified atom stereocenters. The van der Waals surface area contributed by atoms with Gasteiger partial charge in [0.15, 0.2) is 11.5 Å². The number of nitro groups is 1. The van der Waals surface area contributed by atoms with Crippen LogP contribution in [0.3, 0.4) is 0 Å². The second kappa shape index (κ2) is 10.4. The van der Waals surface area contributed by atoms with Crippen LogP contribution in [0.5, 0.6) is 23.0 Å². The Morgan fingerprint density at radius 3 is 2.45 bits per heavy atom. The first kappa shape index (κ1) is 26.5. The Morgan fingerprint density at radius 1 is 1.08 bits per heavy atom. The summed E-state index contributed by atoms with van der Waals surface area (Å²) in [5.74, 6) is -4.17. The van der Waals surface area contributed by atoms with Crippen LogP contribution < -0.4 is 19.6 Å². The number of rotatable bonds is 7. The molecule has 0 atom stereocenters. The predicted molar refractivity (Wildman–Crippen MR) is 128 cm³/mol. The summed E-state index contributed by atoms with van der Waals surface area (Å²) in [7, 11) is 0. The van der Waals surface area contributed by atoms with Gasteiger partial charge in [-0.05, 0) is 43.3 Å². The van der Waals surface area contributed by atoms with Crippen molar-refractivity contribution in [2.24, 2.45) is 0 Å². The van der Waals surface area contributed by atoms with E-state index in [4.69, 9.17) is 30.2 Å². The van der Waals surface area contributed by atoms with Gasteiger partial charge in [-0.15, -0.1) is 0 Å². The highest BCUT2D eigenvalue weighted by atomic mass is 35.5. The van der Waals surface area contributed by atoms with Crippen molar-refractivity contribution in [2.45, 2.75) is 13.1 Å². The molecule has 0 amide bonds. The van der Waals surface area contributed by atoms with E-state index in [0.717, 1.165) is 30.3 Å². The zero-order valence-corrected chi connectivity index (χ0v) is 20.0. The maximum absolute atomic E-state index is 13.9. The van der Waals surface area contributed by atoms with E-state index >= 15 is 0 Å². The number of benzene rings is 3. The van der Waals surface area contributed by atoms with E-state index in [1.807, 2.05) is 0 Å². The van der Waals surface area contributed by atoms with Gasteiger partial charge in [-0.1, -0.05) is 23.7 Å². The van der Waals surface area contributed by atoms with Gasteiger partial charge in [-0.25, -0.2) is 4.79 Å². The van der Waals surface area contributed by atoms with E-state index in [0.29, 0.717) is 0 Å². The van der Waals surface area contributed by atoms with Crippen LogP contribution >= 0.6 is 11.6 Å². The minimum atomic E-state index is -5.13. The Balaban J connectivity index is 1.74. The van der Waals surface area contributed by atoms with Crippen LogP contribution in [0.2, 0.25) is 5.02 Å². The van der Waals surface area contributed by atoms with Crippen molar-refractivity contribution >= 4 is 34.2 Å². The lowest BCUT2D eigenvalue weighted by atomic mass is 10.2. The lowest BCUT2D eigenvalue weighted by molar-refractivity contribution is -0.384. The van der Waals surface area contributed by atoms with Crippen LogP contribution in [0.15, 0.2) is 69.9 Å². The Bertz CT molecular complexity index is 1620. The third kappa shape index (κ3) is 5.39. The SMILES string of the molecule is CCOc1ccccc1Oc1c(C(F)(F)F)oc2cc(OC(=O)c3ccc(Cl)c([N+](=O)[O-])c3)ccc2c1=O. The average Bonchev–Trinajstić information content (AvgIpc) is 2.86. The van der Waals surface area contributed by atoms with Crippen molar-refractivity contribution in [3.63, 3.8) is 0 Å². The number of esters is 1.